The molecular weight excluding hydrogens is 313 g/mol. The van der Waals surface area contributed by atoms with E-state index in [1.807, 2.05) is 24.3 Å². The van der Waals surface area contributed by atoms with Crippen molar-refractivity contribution in [2.75, 3.05) is 19.4 Å². The molecule has 0 radical (unpaired) electrons. The molecule has 0 aliphatic carbocycles. The molecule has 0 aliphatic heterocycles. The maximum Gasteiger partial charge on any atom is 0.230 e. The topological polar surface area (TPSA) is 38.3 Å². The number of hydrogen-bond donors (Lipinski definition) is 1. The summed E-state index contributed by atoms with van der Waals surface area (Å²) in [4.78, 5) is 12.8. The number of carbonyl (C=O) groups is 1. The van der Waals surface area contributed by atoms with Crippen LogP contribution in [0, 0.1) is 5.82 Å². The first-order valence-corrected chi connectivity index (χ1v) is 8.44. The number of hydrogen-bond acceptors (Lipinski definition) is 3. The number of carbonyl (C=O) groups excluding carboxylic acids is 1. The van der Waals surface area contributed by atoms with Gasteiger partial charge in [-0.15, -0.1) is 11.8 Å². The summed E-state index contributed by atoms with van der Waals surface area (Å²) in [5.41, 5.74) is 1.08. The maximum absolute atomic E-state index is 12.8. The maximum atomic E-state index is 12.8. The van der Waals surface area contributed by atoms with Crippen molar-refractivity contribution >= 4 is 17.7 Å². The zero-order valence-corrected chi connectivity index (χ0v) is 13.9. The van der Waals surface area contributed by atoms with Gasteiger partial charge in [0, 0.05) is 11.4 Å². The number of benzene rings is 2. The van der Waals surface area contributed by atoms with Crippen LogP contribution < -0.4 is 10.1 Å². The minimum absolute atomic E-state index is 0.0184. The van der Waals surface area contributed by atoms with Gasteiger partial charge in [-0.2, -0.15) is 0 Å². The molecule has 0 saturated carbocycles. The fourth-order valence-electron chi connectivity index (χ4n) is 2.04. The Bertz CT molecular complexity index is 614. The lowest BCUT2D eigenvalue weighted by Crippen LogP contribution is -2.26. The molecule has 0 bridgehead atoms. The Hall–Kier alpha value is -2.01. The number of nitrogens with one attached hydrogen (secondary N) is 1. The molecule has 0 heterocycles. The van der Waals surface area contributed by atoms with Crippen LogP contribution in [0.3, 0.4) is 0 Å². The van der Waals surface area contributed by atoms with Gasteiger partial charge in [-0.05, 0) is 54.8 Å². The third-order valence-corrected chi connectivity index (χ3v) is 4.32. The number of aryl methyl sites for hydroxylation is 1. The Morgan fingerprint density at radius 3 is 2.48 bits per heavy atom. The van der Waals surface area contributed by atoms with Crippen molar-refractivity contribution in [3.05, 3.63) is 59.9 Å². The highest BCUT2D eigenvalue weighted by Crippen LogP contribution is 2.20. The molecule has 2 aromatic rings. The summed E-state index contributed by atoms with van der Waals surface area (Å²) < 4.78 is 17.9. The van der Waals surface area contributed by atoms with Gasteiger partial charge >= 0.3 is 0 Å². The molecule has 0 saturated heterocycles. The normalized spacial score (nSPS) is 10.3. The van der Waals surface area contributed by atoms with E-state index in [1.165, 1.54) is 23.9 Å². The van der Waals surface area contributed by atoms with E-state index in [-0.39, 0.29) is 11.7 Å². The Morgan fingerprint density at radius 2 is 1.83 bits per heavy atom. The van der Waals surface area contributed by atoms with Crippen molar-refractivity contribution in [1.82, 2.24) is 5.32 Å². The second kappa shape index (κ2) is 9.20. The zero-order chi connectivity index (χ0) is 16.5. The lowest BCUT2D eigenvalue weighted by Gasteiger charge is -2.06. The molecule has 0 fully saturated rings. The fraction of sp³-hybridized carbons (Fsp3) is 0.278. The molecule has 0 atom stereocenters. The number of thioether (sulfide) groups is 1. The van der Waals surface area contributed by atoms with E-state index >= 15 is 0 Å². The van der Waals surface area contributed by atoms with Crippen LogP contribution in [0.1, 0.15) is 12.0 Å². The highest BCUT2D eigenvalue weighted by molar-refractivity contribution is 8.00. The van der Waals surface area contributed by atoms with Gasteiger partial charge < -0.3 is 10.1 Å². The van der Waals surface area contributed by atoms with Crippen molar-refractivity contribution in [3.8, 4) is 5.75 Å². The van der Waals surface area contributed by atoms with Crippen LogP contribution in [-0.4, -0.2) is 25.3 Å². The monoisotopic (exact) mass is 333 g/mol. The Balaban J connectivity index is 1.62. The predicted molar refractivity (Wildman–Crippen MR) is 91.4 cm³/mol. The summed E-state index contributed by atoms with van der Waals surface area (Å²) in [7, 11) is 1.63. The molecule has 0 unspecified atom stereocenters. The summed E-state index contributed by atoms with van der Waals surface area (Å²) in [6.07, 6.45) is 1.66. The molecule has 0 aliphatic rings. The molecule has 0 aromatic heterocycles. The van der Waals surface area contributed by atoms with Gasteiger partial charge in [-0.3, -0.25) is 4.79 Å². The van der Waals surface area contributed by atoms with Crippen LogP contribution in [0.25, 0.3) is 0 Å². The summed E-state index contributed by atoms with van der Waals surface area (Å²) in [6.45, 7) is 0.624. The van der Waals surface area contributed by atoms with Crippen LogP contribution in [0.15, 0.2) is 53.4 Å². The summed E-state index contributed by atoms with van der Waals surface area (Å²) in [6, 6.07) is 14.1. The van der Waals surface area contributed by atoms with E-state index in [0.29, 0.717) is 12.3 Å². The van der Waals surface area contributed by atoms with E-state index in [4.69, 9.17) is 4.74 Å². The third kappa shape index (κ3) is 6.32. The van der Waals surface area contributed by atoms with Gasteiger partial charge in [-0.1, -0.05) is 12.1 Å². The smallest absolute Gasteiger partial charge is 0.230 e. The average molecular weight is 333 g/mol. The molecule has 2 rings (SSSR count). The molecule has 122 valence electrons. The second-order valence-electron chi connectivity index (χ2n) is 5.04. The number of methoxy groups -OCH3 is 1. The van der Waals surface area contributed by atoms with Gasteiger partial charge in [-0.25, -0.2) is 4.39 Å². The lowest BCUT2D eigenvalue weighted by atomic mass is 10.1. The average Bonchev–Trinajstić information content (AvgIpc) is 2.59. The Morgan fingerprint density at radius 1 is 1.13 bits per heavy atom. The Labute approximate surface area is 140 Å². The van der Waals surface area contributed by atoms with E-state index in [2.05, 4.69) is 5.32 Å². The van der Waals surface area contributed by atoms with E-state index in [0.717, 1.165) is 29.1 Å². The first-order valence-electron chi connectivity index (χ1n) is 7.45. The number of ether oxygens (including phenoxy) is 1. The van der Waals surface area contributed by atoms with Gasteiger partial charge in [0.15, 0.2) is 0 Å². The molecule has 5 heteroatoms. The van der Waals surface area contributed by atoms with Crippen molar-refractivity contribution in [1.29, 1.82) is 0 Å². The van der Waals surface area contributed by atoms with Gasteiger partial charge in [0.1, 0.15) is 11.6 Å². The van der Waals surface area contributed by atoms with Crippen molar-refractivity contribution in [3.63, 3.8) is 0 Å². The second-order valence-corrected chi connectivity index (χ2v) is 6.09. The molecule has 3 nitrogen and oxygen atoms in total. The standard InChI is InChI=1S/C18H20FNO2S/c1-22-16-8-10-17(11-9-16)23-13-18(21)20-12-2-3-14-4-6-15(19)7-5-14/h4-11H,2-3,12-13H2,1H3,(H,20,21). The van der Waals surface area contributed by atoms with E-state index in [1.54, 1.807) is 19.2 Å². The first kappa shape index (κ1) is 17.3. The Kier molecular flexibility index (Phi) is 6.94. The molecule has 0 spiro atoms. The molecule has 23 heavy (non-hydrogen) atoms. The largest absolute Gasteiger partial charge is 0.497 e. The third-order valence-electron chi connectivity index (χ3n) is 3.31. The van der Waals surface area contributed by atoms with Crippen LogP contribution in [0.2, 0.25) is 0 Å². The number of rotatable bonds is 8. The highest BCUT2D eigenvalue weighted by atomic mass is 32.2. The SMILES string of the molecule is COc1ccc(SCC(=O)NCCCc2ccc(F)cc2)cc1. The molecular formula is C18H20FNO2S. The zero-order valence-electron chi connectivity index (χ0n) is 13.0. The van der Waals surface area contributed by atoms with Gasteiger partial charge in [0.2, 0.25) is 5.91 Å². The molecule has 1 amide bonds. The predicted octanol–water partition coefficient (Wildman–Crippen LogP) is 3.68. The number of halogens is 1. The van der Waals surface area contributed by atoms with Crippen molar-refractivity contribution < 1.29 is 13.9 Å². The van der Waals surface area contributed by atoms with E-state index in [9.17, 15) is 9.18 Å². The fourth-order valence-corrected chi connectivity index (χ4v) is 2.77. The van der Waals surface area contributed by atoms with Gasteiger partial charge in [0.05, 0.1) is 12.9 Å². The molecule has 2 aromatic carbocycles. The lowest BCUT2D eigenvalue weighted by molar-refractivity contribution is -0.118. The van der Waals surface area contributed by atoms with Crippen LogP contribution in [0.5, 0.6) is 5.75 Å². The quantitative estimate of drug-likeness (QED) is 0.592. The van der Waals surface area contributed by atoms with Gasteiger partial charge in [0.25, 0.3) is 0 Å². The molecule has 1 N–H and O–H groups in total. The minimum Gasteiger partial charge on any atom is -0.497 e. The van der Waals surface area contributed by atoms with Crippen LogP contribution >= 0.6 is 11.8 Å². The van der Waals surface area contributed by atoms with Crippen LogP contribution in [-0.2, 0) is 11.2 Å². The highest BCUT2D eigenvalue weighted by Gasteiger charge is 2.03. The first-order chi connectivity index (χ1) is 11.2. The summed E-state index contributed by atoms with van der Waals surface area (Å²) in [5, 5.41) is 2.90. The summed E-state index contributed by atoms with van der Waals surface area (Å²) >= 11 is 1.49. The van der Waals surface area contributed by atoms with E-state index < -0.39 is 0 Å². The van der Waals surface area contributed by atoms with Crippen LogP contribution in [0.4, 0.5) is 4.39 Å². The van der Waals surface area contributed by atoms with Crippen molar-refractivity contribution in [2.24, 2.45) is 0 Å². The summed E-state index contributed by atoms with van der Waals surface area (Å²) in [5.74, 6) is 0.991. The number of amides is 1. The van der Waals surface area contributed by atoms with Crippen molar-refractivity contribution in [2.45, 2.75) is 17.7 Å². The minimum atomic E-state index is -0.224.